The van der Waals surface area contributed by atoms with Crippen LogP contribution >= 0.6 is 0 Å². The van der Waals surface area contributed by atoms with Crippen molar-refractivity contribution in [3.8, 4) is 0 Å². The second-order valence-corrected chi connectivity index (χ2v) is 5.58. The van der Waals surface area contributed by atoms with Crippen molar-refractivity contribution in [2.75, 3.05) is 13.1 Å². The lowest BCUT2D eigenvalue weighted by Gasteiger charge is -2.30. The molecule has 0 aliphatic heterocycles. The summed E-state index contributed by atoms with van der Waals surface area (Å²) < 4.78 is 35.8. The first kappa shape index (κ1) is 17.2. The molecule has 0 fully saturated rings. The van der Waals surface area contributed by atoms with E-state index in [1.54, 1.807) is 6.92 Å². The topological polar surface area (TPSA) is 41.1 Å². The molecule has 0 aromatic carbocycles. The van der Waals surface area contributed by atoms with Crippen LogP contribution in [-0.4, -0.2) is 31.2 Å². The highest BCUT2D eigenvalue weighted by Gasteiger charge is 2.29. The molecule has 1 amide bonds. The predicted octanol–water partition coefficient (Wildman–Crippen LogP) is 2.33. The molecule has 0 radical (unpaired) electrons. The minimum Gasteiger partial charge on any atom is -0.346 e. The average Bonchev–Trinajstić information content (AvgIpc) is 2.21. The first-order valence-corrected chi connectivity index (χ1v) is 6.03. The Morgan fingerprint density at radius 1 is 1.11 bits per heavy atom. The minimum atomic E-state index is -4.37. The van der Waals surface area contributed by atoms with Gasteiger partial charge in [-0.3, -0.25) is 4.79 Å². The molecule has 0 spiro atoms. The van der Waals surface area contributed by atoms with Crippen LogP contribution in [0.5, 0.6) is 0 Å². The van der Waals surface area contributed by atoms with Gasteiger partial charge in [-0.2, -0.15) is 13.2 Å². The van der Waals surface area contributed by atoms with Gasteiger partial charge >= 0.3 is 6.18 Å². The molecule has 18 heavy (non-hydrogen) atoms. The molecule has 0 saturated heterocycles. The maximum Gasteiger partial charge on any atom is 0.405 e. The van der Waals surface area contributed by atoms with Gasteiger partial charge in [0.1, 0.15) is 6.54 Å². The number of nitrogens with one attached hydrogen (secondary N) is 2. The van der Waals surface area contributed by atoms with Gasteiger partial charge in [0, 0.05) is 6.54 Å². The van der Waals surface area contributed by atoms with Crippen molar-refractivity contribution < 1.29 is 18.0 Å². The van der Waals surface area contributed by atoms with E-state index in [0.29, 0.717) is 12.5 Å². The van der Waals surface area contributed by atoms with Gasteiger partial charge in [-0.1, -0.05) is 27.7 Å². The van der Waals surface area contributed by atoms with Gasteiger partial charge in [0.25, 0.3) is 0 Å². The van der Waals surface area contributed by atoms with Crippen LogP contribution in [0.2, 0.25) is 0 Å². The van der Waals surface area contributed by atoms with Gasteiger partial charge in [0.05, 0.1) is 6.04 Å². The van der Waals surface area contributed by atoms with Crippen LogP contribution in [-0.2, 0) is 4.79 Å². The van der Waals surface area contributed by atoms with Gasteiger partial charge in [0.15, 0.2) is 0 Å². The highest BCUT2D eigenvalue weighted by molar-refractivity contribution is 5.81. The normalized spacial score (nSPS) is 14.7. The van der Waals surface area contributed by atoms with Gasteiger partial charge in [-0.25, -0.2) is 0 Å². The maximum atomic E-state index is 11.9. The lowest BCUT2D eigenvalue weighted by atomic mass is 9.81. The summed E-state index contributed by atoms with van der Waals surface area (Å²) >= 11 is 0. The zero-order chi connectivity index (χ0) is 14.6. The molecular weight excluding hydrogens is 245 g/mol. The summed E-state index contributed by atoms with van der Waals surface area (Å²) in [7, 11) is 0. The highest BCUT2D eigenvalue weighted by Crippen LogP contribution is 2.24. The predicted molar refractivity (Wildman–Crippen MR) is 65.1 cm³/mol. The molecule has 1 atom stereocenters. The molecule has 3 nitrogen and oxygen atoms in total. The van der Waals surface area contributed by atoms with E-state index in [1.807, 2.05) is 19.2 Å². The third-order valence-corrected chi connectivity index (χ3v) is 3.28. The number of hydrogen-bond acceptors (Lipinski definition) is 2. The van der Waals surface area contributed by atoms with Crippen molar-refractivity contribution in [3.63, 3.8) is 0 Å². The zero-order valence-corrected chi connectivity index (χ0v) is 11.6. The van der Waals surface area contributed by atoms with Crippen molar-refractivity contribution in [1.82, 2.24) is 10.6 Å². The van der Waals surface area contributed by atoms with Crippen LogP contribution in [0.3, 0.4) is 0 Å². The summed E-state index contributed by atoms with van der Waals surface area (Å²) in [5.41, 5.74) is -0.0153. The van der Waals surface area contributed by atoms with Crippen LogP contribution in [0.25, 0.3) is 0 Å². The number of carbonyl (C=O) groups is 1. The van der Waals surface area contributed by atoms with Gasteiger partial charge in [0.2, 0.25) is 5.91 Å². The van der Waals surface area contributed by atoms with Crippen LogP contribution in [0.1, 0.15) is 34.6 Å². The summed E-state index contributed by atoms with van der Waals surface area (Å²) in [6, 6.07) is -0.634. The standard InChI is InChI=1S/C12H23F3N2O/c1-8(2)11(4,5)6-16-9(3)10(18)17-7-12(13,14)15/h8-9,16H,6-7H2,1-5H3,(H,17,18). The minimum absolute atomic E-state index is 0.0153. The molecule has 0 rings (SSSR count). The quantitative estimate of drug-likeness (QED) is 0.776. The Bertz CT molecular complexity index is 275. The summed E-state index contributed by atoms with van der Waals surface area (Å²) in [6.45, 7) is 9.07. The second-order valence-electron chi connectivity index (χ2n) is 5.58. The monoisotopic (exact) mass is 268 g/mol. The second kappa shape index (κ2) is 6.41. The van der Waals surface area contributed by atoms with Crippen LogP contribution in [0, 0.1) is 11.3 Å². The summed E-state index contributed by atoms with van der Waals surface area (Å²) in [5.74, 6) is -0.220. The zero-order valence-electron chi connectivity index (χ0n) is 11.6. The maximum absolute atomic E-state index is 11.9. The van der Waals surface area contributed by atoms with Crippen molar-refractivity contribution in [2.45, 2.75) is 46.8 Å². The molecule has 6 heteroatoms. The Hall–Kier alpha value is -0.780. The molecule has 0 aliphatic rings. The van der Waals surface area contributed by atoms with E-state index in [-0.39, 0.29) is 5.41 Å². The smallest absolute Gasteiger partial charge is 0.346 e. The molecule has 0 bridgehead atoms. The number of rotatable bonds is 6. The van der Waals surface area contributed by atoms with Crippen LogP contribution in [0.4, 0.5) is 13.2 Å². The van der Waals surface area contributed by atoms with Crippen molar-refractivity contribution in [2.24, 2.45) is 11.3 Å². The summed E-state index contributed by atoms with van der Waals surface area (Å²) in [5, 5.41) is 4.82. The summed E-state index contributed by atoms with van der Waals surface area (Å²) in [4.78, 5) is 11.4. The van der Waals surface area contributed by atoms with Crippen LogP contribution in [0.15, 0.2) is 0 Å². The molecule has 0 heterocycles. The molecule has 108 valence electrons. The Morgan fingerprint density at radius 3 is 2.00 bits per heavy atom. The lowest BCUT2D eigenvalue weighted by Crippen LogP contribution is -2.48. The third kappa shape index (κ3) is 6.83. The highest BCUT2D eigenvalue weighted by atomic mass is 19.4. The van der Waals surface area contributed by atoms with Gasteiger partial charge in [-0.15, -0.1) is 0 Å². The largest absolute Gasteiger partial charge is 0.405 e. The molecule has 0 saturated carbocycles. The molecule has 0 aromatic rings. The van der Waals surface area contributed by atoms with E-state index in [0.717, 1.165) is 0 Å². The molecule has 2 N–H and O–H groups in total. The fourth-order valence-corrected chi connectivity index (χ4v) is 1.05. The third-order valence-electron chi connectivity index (χ3n) is 3.28. The van der Waals surface area contributed by atoms with E-state index in [1.165, 1.54) is 0 Å². The van der Waals surface area contributed by atoms with Gasteiger partial charge in [-0.05, 0) is 18.3 Å². The first-order chi connectivity index (χ1) is 7.96. The SMILES string of the molecule is CC(NCC(C)(C)C(C)C)C(=O)NCC(F)(F)F. The van der Waals surface area contributed by atoms with Gasteiger partial charge < -0.3 is 10.6 Å². The summed E-state index contributed by atoms with van der Waals surface area (Å²) in [6.07, 6.45) is -4.37. The van der Waals surface area contributed by atoms with E-state index in [9.17, 15) is 18.0 Å². The van der Waals surface area contributed by atoms with E-state index < -0.39 is 24.7 Å². The Kier molecular flexibility index (Phi) is 6.13. The van der Waals surface area contributed by atoms with E-state index in [4.69, 9.17) is 0 Å². The molecule has 0 aliphatic carbocycles. The van der Waals surface area contributed by atoms with Crippen molar-refractivity contribution in [1.29, 1.82) is 0 Å². The number of halogens is 3. The van der Waals surface area contributed by atoms with Crippen molar-refractivity contribution in [3.05, 3.63) is 0 Å². The number of hydrogen-bond donors (Lipinski definition) is 2. The fraction of sp³-hybridized carbons (Fsp3) is 0.917. The van der Waals surface area contributed by atoms with Crippen LogP contribution < -0.4 is 10.6 Å². The molecular formula is C12H23F3N2O. The number of alkyl halides is 3. The van der Waals surface area contributed by atoms with E-state index >= 15 is 0 Å². The van der Waals surface area contributed by atoms with Crippen molar-refractivity contribution >= 4 is 5.91 Å². The lowest BCUT2D eigenvalue weighted by molar-refractivity contribution is -0.139. The molecule has 1 unspecified atom stereocenters. The number of amides is 1. The number of carbonyl (C=O) groups excluding carboxylic acids is 1. The van der Waals surface area contributed by atoms with E-state index in [2.05, 4.69) is 19.2 Å². The Morgan fingerprint density at radius 2 is 1.61 bits per heavy atom. The first-order valence-electron chi connectivity index (χ1n) is 6.03. The average molecular weight is 268 g/mol. The Labute approximate surface area is 107 Å². The Balaban J connectivity index is 4.10. The fourth-order valence-electron chi connectivity index (χ4n) is 1.05. The molecule has 0 aromatic heterocycles.